The lowest BCUT2D eigenvalue weighted by Crippen LogP contribution is -2.07. The van der Waals surface area contributed by atoms with Crippen LogP contribution in [0.15, 0.2) is 67.1 Å². The minimum absolute atomic E-state index is 0.688. The lowest BCUT2D eigenvalue weighted by molar-refractivity contribution is 0.198. The fraction of sp³-hybridized carbons (Fsp3) is 0.182. The highest BCUT2D eigenvalue weighted by Crippen LogP contribution is 2.35. The highest BCUT2D eigenvalue weighted by molar-refractivity contribution is 6.30. The van der Waals surface area contributed by atoms with Gasteiger partial charge in [-0.15, -0.1) is 0 Å². The third kappa shape index (κ3) is 3.72. The van der Waals surface area contributed by atoms with E-state index in [0.717, 1.165) is 46.6 Å². The van der Waals surface area contributed by atoms with Crippen molar-refractivity contribution in [2.24, 2.45) is 0 Å². The summed E-state index contributed by atoms with van der Waals surface area (Å²) >= 11 is 6.23. The molecule has 0 fully saturated rings. The van der Waals surface area contributed by atoms with Crippen molar-refractivity contribution in [3.63, 3.8) is 0 Å². The molecule has 0 unspecified atom stereocenters. The molecule has 4 aromatic rings. The maximum Gasteiger partial charge on any atom is 0.150 e. The van der Waals surface area contributed by atoms with E-state index in [1.165, 1.54) is 0 Å². The van der Waals surface area contributed by atoms with E-state index in [9.17, 15) is 0 Å². The third-order valence-corrected chi connectivity index (χ3v) is 4.81. The summed E-state index contributed by atoms with van der Waals surface area (Å²) in [6, 6.07) is 18.0. The van der Waals surface area contributed by atoms with E-state index in [4.69, 9.17) is 16.3 Å². The van der Waals surface area contributed by atoms with Gasteiger partial charge in [0.15, 0.2) is 5.65 Å². The van der Waals surface area contributed by atoms with E-state index in [1.807, 2.05) is 42.5 Å². The van der Waals surface area contributed by atoms with Crippen LogP contribution in [-0.2, 0) is 4.74 Å². The summed E-state index contributed by atoms with van der Waals surface area (Å²) in [5.74, 6) is 0.820. The van der Waals surface area contributed by atoms with Crippen LogP contribution in [0.2, 0.25) is 5.02 Å². The van der Waals surface area contributed by atoms with E-state index in [1.54, 1.807) is 13.4 Å². The smallest absolute Gasteiger partial charge is 0.150 e. The molecule has 28 heavy (non-hydrogen) atoms. The monoisotopic (exact) mass is 392 g/mol. The first-order valence-electron chi connectivity index (χ1n) is 9.18. The van der Waals surface area contributed by atoms with Crippen molar-refractivity contribution in [2.45, 2.75) is 6.42 Å². The summed E-state index contributed by atoms with van der Waals surface area (Å²) in [7, 11) is 1.71. The Morgan fingerprint density at radius 3 is 2.71 bits per heavy atom. The van der Waals surface area contributed by atoms with Crippen LogP contribution in [-0.4, -0.2) is 34.8 Å². The Balaban J connectivity index is 1.88. The first-order chi connectivity index (χ1) is 13.8. The maximum absolute atomic E-state index is 6.23. The molecule has 2 aromatic carbocycles. The van der Waals surface area contributed by atoms with Gasteiger partial charge in [0.1, 0.15) is 12.1 Å². The zero-order valence-corrected chi connectivity index (χ0v) is 16.4. The molecule has 0 saturated carbocycles. The fourth-order valence-corrected chi connectivity index (χ4v) is 3.46. The average molecular weight is 393 g/mol. The molecule has 0 aliphatic carbocycles. The van der Waals surface area contributed by atoms with Gasteiger partial charge in [-0.2, -0.15) is 0 Å². The molecule has 0 aliphatic rings. The summed E-state index contributed by atoms with van der Waals surface area (Å²) in [5, 5.41) is 5.12. The Labute approximate surface area is 169 Å². The second-order valence-electron chi connectivity index (χ2n) is 6.45. The number of halogens is 1. The Morgan fingerprint density at radius 2 is 1.93 bits per heavy atom. The standard InChI is InChI=1S/C22H21ClN4O/c1-28-12-6-11-24-21-20-19(16-7-3-2-4-8-16)14-27(22(20)26-15-25-21)18-10-5-9-17(23)13-18/h2-5,7-10,13-15H,6,11-12H2,1H3,(H,24,25,26). The summed E-state index contributed by atoms with van der Waals surface area (Å²) in [4.78, 5) is 9.10. The SMILES string of the molecule is COCCCNc1ncnc2c1c(-c1ccccc1)cn2-c1cccc(Cl)c1. The Kier molecular flexibility index (Phi) is 5.55. The topological polar surface area (TPSA) is 52.0 Å². The number of nitrogens with one attached hydrogen (secondary N) is 1. The predicted molar refractivity (Wildman–Crippen MR) is 114 cm³/mol. The number of fused-ring (bicyclic) bond motifs is 1. The molecule has 2 aromatic heterocycles. The minimum atomic E-state index is 0.688. The lowest BCUT2D eigenvalue weighted by atomic mass is 10.1. The van der Waals surface area contributed by atoms with Crippen LogP contribution < -0.4 is 5.32 Å². The zero-order valence-electron chi connectivity index (χ0n) is 15.6. The fourth-order valence-electron chi connectivity index (χ4n) is 3.28. The summed E-state index contributed by atoms with van der Waals surface area (Å²) in [6.45, 7) is 1.48. The quantitative estimate of drug-likeness (QED) is 0.440. The Morgan fingerprint density at radius 1 is 1.07 bits per heavy atom. The molecule has 142 valence electrons. The van der Waals surface area contributed by atoms with Crippen molar-refractivity contribution in [3.8, 4) is 16.8 Å². The van der Waals surface area contributed by atoms with Gasteiger partial charge in [0, 0.05) is 42.7 Å². The lowest BCUT2D eigenvalue weighted by Gasteiger charge is -2.09. The maximum atomic E-state index is 6.23. The first kappa shape index (κ1) is 18.5. The molecule has 5 nitrogen and oxygen atoms in total. The summed E-state index contributed by atoms with van der Waals surface area (Å²) in [5.41, 5.74) is 3.99. The van der Waals surface area contributed by atoms with Gasteiger partial charge in [-0.25, -0.2) is 9.97 Å². The number of rotatable bonds is 7. The number of nitrogens with zero attached hydrogens (tertiary/aromatic N) is 3. The minimum Gasteiger partial charge on any atom is -0.385 e. The van der Waals surface area contributed by atoms with Crippen molar-refractivity contribution in [2.75, 3.05) is 25.6 Å². The van der Waals surface area contributed by atoms with Crippen LogP contribution in [0.3, 0.4) is 0 Å². The molecule has 0 bridgehead atoms. The number of hydrogen-bond acceptors (Lipinski definition) is 4. The molecule has 6 heteroatoms. The number of ether oxygens (including phenoxy) is 1. The van der Waals surface area contributed by atoms with Crippen molar-refractivity contribution in [1.82, 2.24) is 14.5 Å². The number of anilines is 1. The van der Waals surface area contributed by atoms with E-state index in [0.29, 0.717) is 11.6 Å². The number of aromatic nitrogens is 3. The third-order valence-electron chi connectivity index (χ3n) is 4.57. The van der Waals surface area contributed by atoms with E-state index in [-0.39, 0.29) is 0 Å². The Hall–Kier alpha value is -2.89. The predicted octanol–water partition coefficient (Wildman–Crippen LogP) is 5.19. The molecule has 0 amide bonds. The van der Waals surface area contributed by atoms with Gasteiger partial charge >= 0.3 is 0 Å². The first-order valence-corrected chi connectivity index (χ1v) is 9.56. The van der Waals surface area contributed by atoms with Crippen molar-refractivity contribution in [1.29, 1.82) is 0 Å². The zero-order chi connectivity index (χ0) is 19.3. The van der Waals surface area contributed by atoms with Gasteiger partial charge in [0.25, 0.3) is 0 Å². The molecule has 0 saturated heterocycles. The highest BCUT2D eigenvalue weighted by atomic mass is 35.5. The number of benzene rings is 2. The van der Waals surface area contributed by atoms with Gasteiger partial charge in [-0.1, -0.05) is 48.0 Å². The summed E-state index contributed by atoms with van der Waals surface area (Å²) < 4.78 is 7.21. The van der Waals surface area contributed by atoms with Gasteiger partial charge in [0.2, 0.25) is 0 Å². The van der Waals surface area contributed by atoms with Gasteiger partial charge in [-0.3, -0.25) is 0 Å². The second kappa shape index (κ2) is 8.42. The second-order valence-corrected chi connectivity index (χ2v) is 6.89. The van der Waals surface area contributed by atoms with E-state index >= 15 is 0 Å². The Bertz CT molecular complexity index is 1080. The molecular formula is C22H21ClN4O. The molecule has 0 radical (unpaired) electrons. The van der Waals surface area contributed by atoms with Crippen LogP contribution in [0, 0.1) is 0 Å². The van der Waals surface area contributed by atoms with Crippen LogP contribution >= 0.6 is 11.6 Å². The van der Waals surface area contributed by atoms with Gasteiger partial charge < -0.3 is 14.6 Å². The van der Waals surface area contributed by atoms with Gasteiger partial charge in [-0.05, 0) is 30.2 Å². The van der Waals surface area contributed by atoms with Crippen molar-refractivity contribution in [3.05, 3.63) is 72.1 Å². The van der Waals surface area contributed by atoms with Gasteiger partial charge in [0.05, 0.1) is 5.39 Å². The van der Waals surface area contributed by atoms with Crippen LogP contribution in [0.5, 0.6) is 0 Å². The molecule has 0 aliphatic heterocycles. The van der Waals surface area contributed by atoms with Crippen LogP contribution in [0.4, 0.5) is 5.82 Å². The molecule has 0 atom stereocenters. The number of hydrogen-bond donors (Lipinski definition) is 1. The van der Waals surface area contributed by atoms with Crippen molar-refractivity contribution < 1.29 is 4.74 Å². The molecular weight excluding hydrogens is 372 g/mol. The normalized spacial score (nSPS) is 11.1. The molecule has 1 N–H and O–H groups in total. The summed E-state index contributed by atoms with van der Waals surface area (Å²) in [6.07, 6.45) is 4.59. The van der Waals surface area contributed by atoms with Crippen molar-refractivity contribution >= 4 is 28.5 Å². The van der Waals surface area contributed by atoms with E-state index < -0.39 is 0 Å². The molecule has 4 rings (SSSR count). The molecule has 0 spiro atoms. The van der Waals surface area contributed by atoms with E-state index in [2.05, 4.69) is 38.2 Å². The number of methoxy groups -OCH3 is 1. The highest BCUT2D eigenvalue weighted by Gasteiger charge is 2.17. The molecule has 2 heterocycles. The van der Waals surface area contributed by atoms with Crippen LogP contribution in [0.1, 0.15) is 6.42 Å². The average Bonchev–Trinajstić information content (AvgIpc) is 3.12. The van der Waals surface area contributed by atoms with Crippen LogP contribution in [0.25, 0.3) is 27.8 Å². The largest absolute Gasteiger partial charge is 0.385 e.